The van der Waals surface area contributed by atoms with E-state index >= 15 is 0 Å². The van der Waals surface area contributed by atoms with Crippen molar-refractivity contribution in [1.29, 1.82) is 0 Å². The summed E-state index contributed by atoms with van der Waals surface area (Å²) in [4.78, 5) is 34.5. The summed E-state index contributed by atoms with van der Waals surface area (Å²) >= 11 is 0. The average molecular weight is 348 g/mol. The Hall–Kier alpha value is -2.12. The van der Waals surface area contributed by atoms with Crippen LogP contribution in [0.25, 0.3) is 0 Å². The van der Waals surface area contributed by atoms with Gasteiger partial charge in [-0.2, -0.15) is 0 Å². The molecule has 1 rings (SSSR count). The molecular weight excluding hydrogens is 328 g/mol. The molecular formula is C12H20N4O8. The Balaban J connectivity index is 3.01. The summed E-state index contributed by atoms with van der Waals surface area (Å²) in [7, 11) is 2.42. The van der Waals surface area contributed by atoms with E-state index in [1.54, 1.807) is 0 Å². The highest BCUT2D eigenvalue weighted by atomic mass is 16.4. The number of aliphatic hydroxyl groups excluding tert-OH is 5. The van der Waals surface area contributed by atoms with Gasteiger partial charge in [-0.05, 0) is 5.18 Å². The summed E-state index contributed by atoms with van der Waals surface area (Å²) in [6, 6.07) is 0. The lowest BCUT2D eigenvalue weighted by Gasteiger charge is -2.26. The zero-order chi connectivity index (χ0) is 18.6. The Kier molecular flexibility index (Phi) is 6.74. The predicted octanol–water partition coefficient (Wildman–Crippen LogP) is -3.67. The molecule has 136 valence electrons. The van der Waals surface area contributed by atoms with E-state index in [1.165, 1.54) is 7.05 Å². The molecule has 0 radical (unpaired) electrons. The highest BCUT2D eigenvalue weighted by molar-refractivity contribution is 5.59. The molecule has 24 heavy (non-hydrogen) atoms. The van der Waals surface area contributed by atoms with E-state index in [9.17, 15) is 34.9 Å². The molecule has 0 aliphatic heterocycles. The molecule has 12 nitrogen and oxygen atoms in total. The fourth-order valence-corrected chi connectivity index (χ4v) is 2.00. The van der Waals surface area contributed by atoms with Crippen LogP contribution in [0.5, 0.6) is 0 Å². The minimum atomic E-state index is -1.84. The van der Waals surface area contributed by atoms with Crippen LogP contribution in [0.1, 0.15) is 0 Å². The fraction of sp³-hybridized carbons (Fsp3) is 0.667. The number of aromatic nitrogens is 2. The van der Waals surface area contributed by atoms with Crippen LogP contribution in [0.3, 0.4) is 0 Å². The highest BCUT2D eigenvalue weighted by Crippen LogP contribution is 2.17. The van der Waals surface area contributed by atoms with Crippen molar-refractivity contribution in [2.45, 2.75) is 24.4 Å². The van der Waals surface area contributed by atoms with Gasteiger partial charge in [0.2, 0.25) is 5.69 Å². The Bertz CT molecular complexity index is 700. The molecule has 0 fully saturated rings. The summed E-state index contributed by atoms with van der Waals surface area (Å²) in [5, 5.41) is 51.9. The summed E-state index contributed by atoms with van der Waals surface area (Å²) in [5.41, 5.74) is -2.29. The molecule has 0 bridgehead atoms. The van der Waals surface area contributed by atoms with Crippen LogP contribution in [-0.4, -0.2) is 72.2 Å². The monoisotopic (exact) mass is 348 g/mol. The number of hydrogen-bond donors (Lipinski definition) is 6. The minimum absolute atomic E-state index is 0.276. The van der Waals surface area contributed by atoms with Crippen LogP contribution < -0.4 is 16.6 Å². The third kappa shape index (κ3) is 3.85. The first-order valence-electron chi connectivity index (χ1n) is 6.87. The number of anilines is 1. The number of nitroso groups, excluding NO2 is 1. The van der Waals surface area contributed by atoms with Crippen LogP contribution >= 0.6 is 0 Å². The average Bonchev–Trinajstić information content (AvgIpc) is 2.59. The fourth-order valence-electron chi connectivity index (χ4n) is 2.00. The van der Waals surface area contributed by atoms with E-state index in [0.717, 1.165) is 11.6 Å². The van der Waals surface area contributed by atoms with Gasteiger partial charge in [-0.15, -0.1) is 4.91 Å². The Morgan fingerprint density at radius 2 is 1.58 bits per heavy atom. The second-order valence-electron chi connectivity index (χ2n) is 5.17. The quantitative estimate of drug-likeness (QED) is 0.257. The smallest absolute Gasteiger partial charge is 0.332 e. The predicted molar refractivity (Wildman–Crippen MR) is 82.0 cm³/mol. The Morgan fingerprint density at radius 3 is 2.08 bits per heavy atom. The van der Waals surface area contributed by atoms with Crippen LogP contribution in [0, 0.1) is 4.91 Å². The number of aliphatic hydroxyl groups is 5. The van der Waals surface area contributed by atoms with Gasteiger partial charge >= 0.3 is 5.69 Å². The maximum atomic E-state index is 11.8. The highest BCUT2D eigenvalue weighted by Gasteiger charge is 2.30. The van der Waals surface area contributed by atoms with Gasteiger partial charge in [-0.3, -0.25) is 13.9 Å². The lowest BCUT2D eigenvalue weighted by Crippen LogP contribution is -2.48. The molecule has 0 saturated heterocycles. The van der Waals surface area contributed by atoms with Crippen molar-refractivity contribution in [2.24, 2.45) is 19.3 Å². The molecule has 12 heteroatoms. The van der Waals surface area contributed by atoms with Gasteiger partial charge in [-0.25, -0.2) is 4.79 Å². The molecule has 1 aromatic heterocycles. The van der Waals surface area contributed by atoms with Crippen molar-refractivity contribution >= 4 is 11.5 Å². The van der Waals surface area contributed by atoms with Crippen molar-refractivity contribution in [3.63, 3.8) is 0 Å². The second-order valence-corrected chi connectivity index (χ2v) is 5.17. The first-order valence-corrected chi connectivity index (χ1v) is 6.87. The number of nitrogens with zero attached hydrogens (tertiary/aromatic N) is 3. The van der Waals surface area contributed by atoms with Gasteiger partial charge in [0, 0.05) is 20.6 Å². The SMILES string of the molecule is Cn1c(NC[C@@H](O)[C@@H](O)[C@H](O)[C@H](O)CO)c(N=O)c(=O)n(C)c1=O. The van der Waals surface area contributed by atoms with Crippen LogP contribution in [-0.2, 0) is 14.1 Å². The van der Waals surface area contributed by atoms with Crippen molar-refractivity contribution in [3.8, 4) is 0 Å². The van der Waals surface area contributed by atoms with E-state index < -0.39 is 54.5 Å². The minimum Gasteiger partial charge on any atom is -0.394 e. The largest absolute Gasteiger partial charge is 0.394 e. The van der Waals surface area contributed by atoms with Crippen LogP contribution in [0.4, 0.5) is 11.5 Å². The number of rotatable bonds is 8. The molecule has 1 heterocycles. The first kappa shape index (κ1) is 19.9. The molecule has 1 aromatic rings. The lowest BCUT2D eigenvalue weighted by atomic mass is 10.0. The molecule has 0 saturated carbocycles. The molecule has 0 aliphatic carbocycles. The molecule has 0 aliphatic rings. The van der Waals surface area contributed by atoms with Gasteiger partial charge in [0.15, 0.2) is 0 Å². The zero-order valence-corrected chi connectivity index (χ0v) is 13.0. The Morgan fingerprint density at radius 1 is 1.04 bits per heavy atom. The van der Waals surface area contributed by atoms with Crippen LogP contribution in [0.15, 0.2) is 14.8 Å². The van der Waals surface area contributed by atoms with Gasteiger partial charge in [0.1, 0.15) is 24.1 Å². The Labute approximate surface area is 135 Å². The summed E-state index contributed by atoms with van der Waals surface area (Å²) < 4.78 is 1.59. The second kappa shape index (κ2) is 8.12. The molecule has 0 spiro atoms. The number of hydrogen-bond acceptors (Lipinski definition) is 10. The van der Waals surface area contributed by atoms with E-state index in [4.69, 9.17) is 5.11 Å². The van der Waals surface area contributed by atoms with Gasteiger partial charge in [0.05, 0.1) is 12.7 Å². The van der Waals surface area contributed by atoms with Gasteiger partial charge < -0.3 is 30.8 Å². The van der Waals surface area contributed by atoms with Crippen LogP contribution in [0.2, 0.25) is 0 Å². The molecule has 0 aromatic carbocycles. The molecule has 4 atom stereocenters. The third-order valence-electron chi connectivity index (χ3n) is 3.54. The third-order valence-corrected chi connectivity index (χ3v) is 3.54. The lowest BCUT2D eigenvalue weighted by molar-refractivity contribution is -0.111. The first-order chi connectivity index (χ1) is 11.2. The summed E-state index contributed by atoms with van der Waals surface area (Å²) in [6.07, 6.45) is -6.99. The topological polar surface area (TPSA) is 187 Å². The standard InChI is InChI=1S/C12H20N4O8/c1-15-10(7(14-24)11(22)16(2)12(15)23)13-3-5(18)8(20)9(21)6(19)4-17/h5-6,8-9,13,17-21H,3-4H2,1-2H3/t5-,6-,8-,9-/m1/s1. The molecule has 0 unspecified atom stereocenters. The van der Waals surface area contributed by atoms with E-state index in [1.807, 2.05) is 0 Å². The summed E-state index contributed by atoms with van der Waals surface area (Å²) in [6.45, 7) is -1.32. The van der Waals surface area contributed by atoms with Crippen molar-refractivity contribution < 1.29 is 25.5 Å². The van der Waals surface area contributed by atoms with Crippen molar-refractivity contribution in [2.75, 3.05) is 18.5 Å². The van der Waals surface area contributed by atoms with E-state index in [2.05, 4.69) is 10.5 Å². The van der Waals surface area contributed by atoms with Gasteiger partial charge in [-0.1, -0.05) is 0 Å². The zero-order valence-electron chi connectivity index (χ0n) is 13.0. The summed E-state index contributed by atoms with van der Waals surface area (Å²) in [5.74, 6) is -0.276. The maximum absolute atomic E-state index is 11.8. The van der Waals surface area contributed by atoms with Crippen molar-refractivity contribution in [1.82, 2.24) is 9.13 Å². The molecule has 0 amide bonds. The molecule has 6 N–H and O–H groups in total. The van der Waals surface area contributed by atoms with Crippen molar-refractivity contribution in [3.05, 3.63) is 25.7 Å². The maximum Gasteiger partial charge on any atom is 0.332 e. The van der Waals surface area contributed by atoms with E-state index in [-0.39, 0.29) is 5.82 Å². The van der Waals surface area contributed by atoms with E-state index in [0.29, 0.717) is 4.57 Å². The normalized spacial score (nSPS) is 16.3. The number of nitrogens with one attached hydrogen (secondary N) is 1. The van der Waals surface area contributed by atoms with Gasteiger partial charge in [0.25, 0.3) is 5.56 Å².